The Morgan fingerprint density at radius 2 is 1.65 bits per heavy atom. The summed E-state index contributed by atoms with van der Waals surface area (Å²) >= 11 is 0. The van der Waals surface area contributed by atoms with Gasteiger partial charge < -0.3 is 9.84 Å². The van der Waals surface area contributed by atoms with E-state index in [1.54, 1.807) is 31.6 Å². The van der Waals surface area contributed by atoms with Gasteiger partial charge in [0.05, 0.1) is 12.6 Å². The third-order valence-electron chi connectivity index (χ3n) is 3.25. The highest BCUT2D eigenvalue weighted by Gasteiger charge is 2.18. The fourth-order valence-electron chi connectivity index (χ4n) is 2.30. The van der Waals surface area contributed by atoms with Crippen molar-refractivity contribution < 1.29 is 9.84 Å². The molecular weight excluding hydrogens is 252 g/mol. The molecule has 20 heavy (non-hydrogen) atoms. The predicted molar refractivity (Wildman–Crippen MR) is 76.6 cm³/mol. The van der Waals surface area contributed by atoms with E-state index in [0.717, 1.165) is 16.5 Å². The summed E-state index contributed by atoms with van der Waals surface area (Å²) in [6.45, 7) is 0. The van der Waals surface area contributed by atoms with E-state index < -0.39 is 6.10 Å². The second kappa shape index (κ2) is 5.27. The van der Waals surface area contributed by atoms with Gasteiger partial charge in [0.1, 0.15) is 6.10 Å². The lowest BCUT2D eigenvalue weighted by Crippen LogP contribution is -2.04. The Morgan fingerprint density at radius 3 is 2.50 bits per heavy atom. The number of aliphatic hydroxyl groups excluding tert-OH is 1. The second-order valence-electron chi connectivity index (χ2n) is 4.43. The molecule has 0 fully saturated rings. The average Bonchev–Trinajstić information content (AvgIpc) is 2.53. The number of aliphatic hydroxyl groups is 1. The molecule has 1 N–H and O–H groups in total. The molecule has 0 radical (unpaired) electrons. The normalized spacial score (nSPS) is 12.3. The van der Waals surface area contributed by atoms with Crippen LogP contribution in [0.3, 0.4) is 0 Å². The molecule has 0 aliphatic rings. The molecule has 2 heterocycles. The summed E-state index contributed by atoms with van der Waals surface area (Å²) in [6.07, 6.45) is 2.53. The van der Waals surface area contributed by atoms with E-state index in [9.17, 15) is 5.11 Å². The van der Waals surface area contributed by atoms with Gasteiger partial charge in [-0.05, 0) is 18.2 Å². The summed E-state index contributed by atoms with van der Waals surface area (Å²) < 4.78 is 5.21. The lowest BCUT2D eigenvalue weighted by molar-refractivity contribution is 0.214. The first-order chi connectivity index (χ1) is 9.81. The van der Waals surface area contributed by atoms with Crippen LogP contribution in [0.4, 0.5) is 0 Å². The van der Waals surface area contributed by atoms with E-state index in [1.807, 2.05) is 30.3 Å². The van der Waals surface area contributed by atoms with Crippen LogP contribution in [0.1, 0.15) is 17.2 Å². The Labute approximate surface area is 116 Å². The zero-order chi connectivity index (χ0) is 13.9. The lowest BCUT2D eigenvalue weighted by Gasteiger charge is -2.15. The molecule has 2 aromatic heterocycles. The molecule has 0 aliphatic heterocycles. The van der Waals surface area contributed by atoms with Gasteiger partial charge >= 0.3 is 0 Å². The number of pyridine rings is 2. The third kappa shape index (κ3) is 2.10. The molecule has 0 amide bonds. The first kappa shape index (κ1) is 12.6. The van der Waals surface area contributed by atoms with Crippen LogP contribution in [0.2, 0.25) is 0 Å². The summed E-state index contributed by atoms with van der Waals surface area (Å²) in [5.41, 5.74) is 2.16. The van der Waals surface area contributed by atoms with Crippen molar-refractivity contribution in [2.45, 2.75) is 6.10 Å². The third-order valence-corrected chi connectivity index (χ3v) is 3.25. The van der Waals surface area contributed by atoms with Crippen LogP contribution in [0.15, 0.2) is 54.9 Å². The maximum atomic E-state index is 10.6. The summed E-state index contributed by atoms with van der Waals surface area (Å²) in [4.78, 5) is 8.48. The van der Waals surface area contributed by atoms with Gasteiger partial charge in [-0.1, -0.05) is 24.3 Å². The van der Waals surface area contributed by atoms with Crippen LogP contribution in [-0.4, -0.2) is 22.2 Å². The maximum Gasteiger partial charge on any atom is 0.219 e. The van der Waals surface area contributed by atoms with Crippen molar-refractivity contribution >= 4 is 10.9 Å². The highest BCUT2D eigenvalue weighted by Crippen LogP contribution is 2.31. The van der Waals surface area contributed by atoms with Gasteiger partial charge in [0.2, 0.25) is 5.88 Å². The Hall–Kier alpha value is -2.46. The number of aromatic nitrogens is 2. The van der Waals surface area contributed by atoms with E-state index in [1.165, 1.54) is 0 Å². The first-order valence-corrected chi connectivity index (χ1v) is 6.32. The van der Waals surface area contributed by atoms with E-state index in [4.69, 9.17) is 4.74 Å². The number of hydrogen-bond acceptors (Lipinski definition) is 4. The number of benzene rings is 1. The predicted octanol–water partition coefficient (Wildman–Crippen LogP) is 2.72. The molecule has 0 bridgehead atoms. The minimum absolute atomic E-state index is 0.424. The minimum Gasteiger partial charge on any atom is -0.481 e. The average molecular weight is 266 g/mol. The Bertz CT molecular complexity index is 738. The highest BCUT2D eigenvalue weighted by atomic mass is 16.5. The molecule has 1 aromatic carbocycles. The fraction of sp³-hybridized carbons (Fsp3) is 0.125. The Balaban J connectivity index is 2.15. The van der Waals surface area contributed by atoms with Gasteiger partial charge in [-0.2, -0.15) is 0 Å². The van der Waals surface area contributed by atoms with E-state index in [-0.39, 0.29) is 0 Å². The molecular formula is C16H14N2O2. The number of rotatable bonds is 3. The smallest absolute Gasteiger partial charge is 0.219 e. The Morgan fingerprint density at radius 1 is 0.950 bits per heavy atom. The van der Waals surface area contributed by atoms with Gasteiger partial charge in [-0.25, -0.2) is 4.98 Å². The molecule has 0 saturated carbocycles. The summed E-state index contributed by atoms with van der Waals surface area (Å²) in [7, 11) is 1.54. The van der Waals surface area contributed by atoms with Crippen LogP contribution < -0.4 is 4.74 Å². The second-order valence-corrected chi connectivity index (χ2v) is 4.43. The fourth-order valence-corrected chi connectivity index (χ4v) is 2.30. The van der Waals surface area contributed by atoms with Crippen molar-refractivity contribution in [2.24, 2.45) is 0 Å². The van der Waals surface area contributed by atoms with Crippen molar-refractivity contribution in [1.82, 2.24) is 9.97 Å². The van der Waals surface area contributed by atoms with Crippen molar-refractivity contribution in [3.8, 4) is 5.88 Å². The standard InChI is InChI=1S/C16H14N2O2/c1-20-16-13(8-4-10-18-16)15(19)12-7-2-5-11-6-3-9-17-14(11)12/h2-10,15,19H,1H3. The zero-order valence-corrected chi connectivity index (χ0v) is 11.0. The van der Waals surface area contributed by atoms with Gasteiger partial charge in [0, 0.05) is 28.9 Å². The molecule has 0 aliphatic carbocycles. The SMILES string of the molecule is COc1ncccc1C(O)c1cccc2cccnc12. The molecule has 1 unspecified atom stereocenters. The summed E-state index contributed by atoms with van der Waals surface area (Å²) in [6, 6.07) is 13.2. The van der Waals surface area contributed by atoms with Crippen molar-refractivity contribution in [3.63, 3.8) is 0 Å². The van der Waals surface area contributed by atoms with Gasteiger partial charge in [0.25, 0.3) is 0 Å². The quantitative estimate of drug-likeness (QED) is 0.792. The first-order valence-electron chi connectivity index (χ1n) is 6.32. The van der Waals surface area contributed by atoms with E-state index in [2.05, 4.69) is 9.97 Å². The van der Waals surface area contributed by atoms with Crippen molar-refractivity contribution in [3.05, 3.63) is 66.0 Å². The lowest BCUT2D eigenvalue weighted by atomic mass is 9.99. The van der Waals surface area contributed by atoms with Crippen LogP contribution in [0, 0.1) is 0 Å². The zero-order valence-electron chi connectivity index (χ0n) is 11.0. The largest absolute Gasteiger partial charge is 0.481 e. The molecule has 1 atom stereocenters. The summed E-state index contributed by atoms with van der Waals surface area (Å²) in [5.74, 6) is 0.424. The molecule has 0 spiro atoms. The van der Waals surface area contributed by atoms with Gasteiger partial charge in [-0.3, -0.25) is 4.98 Å². The summed E-state index contributed by atoms with van der Waals surface area (Å²) in [5, 5.41) is 11.6. The number of para-hydroxylation sites is 1. The molecule has 0 saturated heterocycles. The number of ether oxygens (including phenoxy) is 1. The van der Waals surface area contributed by atoms with Crippen LogP contribution in [0.5, 0.6) is 5.88 Å². The van der Waals surface area contributed by atoms with Crippen molar-refractivity contribution in [1.29, 1.82) is 0 Å². The molecule has 100 valence electrons. The van der Waals surface area contributed by atoms with Crippen LogP contribution in [-0.2, 0) is 0 Å². The van der Waals surface area contributed by atoms with E-state index in [0.29, 0.717) is 11.4 Å². The number of methoxy groups -OCH3 is 1. The minimum atomic E-state index is -0.822. The number of hydrogen-bond donors (Lipinski definition) is 1. The van der Waals surface area contributed by atoms with Gasteiger partial charge in [-0.15, -0.1) is 0 Å². The highest BCUT2D eigenvalue weighted by molar-refractivity contribution is 5.82. The number of nitrogens with zero attached hydrogens (tertiary/aromatic N) is 2. The molecule has 3 aromatic rings. The molecule has 3 rings (SSSR count). The topological polar surface area (TPSA) is 55.2 Å². The molecule has 4 nitrogen and oxygen atoms in total. The molecule has 4 heteroatoms. The maximum absolute atomic E-state index is 10.6. The van der Waals surface area contributed by atoms with Crippen molar-refractivity contribution in [2.75, 3.05) is 7.11 Å². The number of fused-ring (bicyclic) bond motifs is 1. The Kier molecular flexibility index (Phi) is 3.31. The van der Waals surface area contributed by atoms with E-state index >= 15 is 0 Å². The van der Waals surface area contributed by atoms with Crippen LogP contribution in [0.25, 0.3) is 10.9 Å². The monoisotopic (exact) mass is 266 g/mol. The van der Waals surface area contributed by atoms with Gasteiger partial charge in [0.15, 0.2) is 0 Å². The van der Waals surface area contributed by atoms with Crippen LogP contribution >= 0.6 is 0 Å².